The minimum absolute atomic E-state index is 0.236. The lowest BCUT2D eigenvalue weighted by Crippen LogP contribution is -2.32. The fourth-order valence-electron chi connectivity index (χ4n) is 4.90. The summed E-state index contributed by atoms with van der Waals surface area (Å²) in [7, 11) is 3.35. The molecule has 0 saturated carbocycles. The van der Waals surface area contributed by atoms with Gasteiger partial charge in [0.05, 0.1) is 19.9 Å². The number of nitrogens with zero attached hydrogens (tertiary/aromatic N) is 3. The maximum Gasteiger partial charge on any atom is 0.227 e. The quantitative estimate of drug-likeness (QED) is 0.344. The van der Waals surface area contributed by atoms with Gasteiger partial charge in [-0.15, -0.1) is 5.10 Å². The van der Waals surface area contributed by atoms with Crippen LogP contribution in [0.25, 0.3) is 5.70 Å². The number of hydrogen-bond donors (Lipinski definition) is 1. The summed E-state index contributed by atoms with van der Waals surface area (Å²) < 4.78 is 19.7. The zero-order valence-corrected chi connectivity index (χ0v) is 21.3. The molecule has 3 aromatic carbocycles. The first-order valence-electron chi connectivity index (χ1n) is 11.7. The van der Waals surface area contributed by atoms with Crippen LogP contribution in [0.4, 0.5) is 5.95 Å². The standard InChI is InChI=1S/C28H26N4O3S/c1-16-8-13-22-21(14-16)24-23(26(35-22)18-6-5-7-20(15-18)34-3)25(17-9-11-19(33-2)12-10-17)32-27(29-24)30-28(31-32)36-4/h5-15,25-26H,1-4H3,(H,29,30,31)/t25-,26-/m1/s1. The van der Waals surface area contributed by atoms with Gasteiger partial charge in [0.1, 0.15) is 29.4 Å². The Morgan fingerprint density at radius 2 is 1.75 bits per heavy atom. The number of methoxy groups -OCH3 is 2. The molecule has 0 amide bonds. The Hall–Kier alpha value is -3.91. The predicted octanol–water partition coefficient (Wildman–Crippen LogP) is 5.89. The van der Waals surface area contributed by atoms with E-state index >= 15 is 0 Å². The van der Waals surface area contributed by atoms with Crippen LogP contribution in [-0.2, 0) is 0 Å². The van der Waals surface area contributed by atoms with Crippen molar-refractivity contribution in [3.05, 3.63) is 94.6 Å². The molecule has 2 aliphatic heterocycles. The van der Waals surface area contributed by atoms with Gasteiger partial charge in [0.2, 0.25) is 11.1 Å². The average Bonchev–Trinajstić information content (AvgIpc) is 3.34. The van der Waals surface area contributed by atoms with E-state index in [0.29, 0.717) is 11.1 Å². The van der Waals surface area contributed by atoms with Gasteiger partial charge in [-0.1, -0.05) is 47.7 Å². The van der Waals surface area contributed by atoms with Gasteiger partial charge >= 0.3 is 0 Å². The molecule has 2 atom stereocenters. The lowest BCUT2D eigenvalue weighted by molar-refractivity contribution is 0.222. The van der Waals surface area contributed by atoms with E-state index in [2.05, 4.69) is 42.6 Å². The minimum Gasteiger partial charge on any atom is -0.497 e. The second-order valence-corrected chi connectivity index (χ2v) is 9.55. The Morgan fingerprint density at radius 1 is 0.944 bits per heavy atom. The van der Waals surface area contributed by atoms with Crippen molar-refractivity contribution in [3.63, 3.8) is 0 Å². The lowest BCUT2D eigenvalue weighted by Gasteiger charge is -2.39. The molecule has 1 aromatic heterocycles. The maximum absolute atomic E-state index is 6.74. The Labute approximate surface area is 214 Å². The summed E-state index contributed by atoms with van der Waals surface area (Å²) in [6, 6.07) is 22.2. The molecule has 0 aliphatic carbocycles. The van der Waals surface area contributed by atoms with E-state index < -0.39 is 0 Å². The smallest absolute Gasteiger partial charge is 0.227 e. The average molecular weight is 499 g/mol. The normalized spacial score (nSPS) is 17.9. The number of ether oxygens (including phenoxy) is 3. The van der Waals surface area contributed by atoms with Gasteiger partial charge in [0.25, 0.3) is 0 Å². The second-order valence-electron chi connectivity index (χ2n) is 8.77. The molecule has 0 bridgehead atoms. The summed E-state index contributed by atoms with van der Waals surface area (Å²) in [6.07, 6.45) is 1.62. The van der Waals surface area contributed by atoms with Crippen molar-refractivity contribution >= 4 is 23.4 Å². The first-order valence-corrected chi connectivity index (χ1v) is 12.9. The molecule has 6 rings (SSSR count). The third kappa shape index (κ3) is 3.69. The van der Waals surface area contributed by atoms with E-state index in [1.807, 2.05) is 47.3 Å². The third-order valence-electron chi connectivity index (χ3n) is 6.62. The van der Waals surface area contributed by atoms with Crippen LogP contribution >= 0.6 is 11.8 Å². The molecule has 182 valence electrons. The van der Waals surface area contributed by atoms with Crippen molar-refractivity contribution in [1.82, 2.24) is 14.8 Å². The number of aryl methyl sites for hydroxylation is 1. The highest BCUT2D eigenvalue weighted by Gasteiger charge is 2.41. The largest absolute Gasteiger partial charge is 0.497 e. The van der Waals surface area contributed by atoms with E-state index in [0.717, 1.165) is 50.8 Å². The van der Waals surface area contributed by atoms with E-state index in [1.54, 1.807) is 14.2 Å². The van der Waals surface area contributed by atoms with Gasteiger partial charge in [0, 0.05) is 16.7 Å². The highest BCUT2D eigenvalue weighted by atomic mass is 32.2. The first-order chi connectivity index (χ1) is 17.6. The summed E-state index contributed by atoms with van der Waals surface area (Å²) in [5.74, 6) is 3.11. The van der Waals surface area contributed by atoms with E-state index in [-0.39, 0.29) is 12.1 Å². The van der Waals surface area contributed by atoms with Crippen LogP contribution in [0.2, 0.25) is 0 Å². The Morgan fingerprint density at radius 3 is 2.50 bits per heavy atom. The molecule has 3 heterocycles. The van der Waals surface area contributed by atoms with Gasteiger partial charge in [-0.3, -0.25) is 0 Å². The molecule has 1 N–H and O–H groups in total. The summed E-state index contributed by atoms with van der Waals surface area (Å²) in [5, 5.41) is 9.17. The van der Waals surface area contributed by atoms with Gasteiger partial charge in [-0.25, -0.2) is 4.68 Å². The summed E-state index contributed by atoms with van der Waals surface area (Å²) in [5.41, 5.74) is 6.31. The van der Waals surface area contributed by atoms with Crippen LogP contribution in [0.1, 0.15) is 34.4 Å². The molecule has 0 radical (unpaired) electrons. The topological polar surface area (TPSA) is 70.4 Å². The SMILES string of the molecule is COc1ccc([C@@H]2C3=C(Nc4nc(SC)nn42)c2cc(C)ccc2O[C@@H]3c2cccc(OC)c2)cc1. The van der Waals surface area contributed by atoms with Crippen molar-refractivity contribution in [2.75, 3.05) is 25.8 Å². The van der Waals surface area contributed by atoms with Crippen molar-refractivity contribution in [1.29, 1.82) is 0 Å². The zero-order chi connectivity index (χ0) is 24.8. The van der Waals surface area contributed by atoms with Crippen molar-refractivity contribution in [2.24, 2.45) is 0 Å². The fourth-order valence-corrected chi connectivity index (χ4v) is 5.24. The fraction of sp³-hybridized carbons (Fsp3) is 0.214. The van der Waals surface area contributed by atoms with Crippen molar-refractivity contribution < 1.29 is 14.2 Å². The number of aromatic nitrogens is 3. The Balaban J connectivity index is 1.62. The minimum atomic E-state index is -0.361. The van der Waals surface area contributed by atoms with Crippen LogP contribution in [-0.4, -0.2) is 35.2 Å². The molecule has 2 aliphatic rings. The molecule has 7 nitrogen and oxygen atoms in total. The number of rotatable bonds is 5. The van der Waals surface area contributed by atoms with Crippen LogP contribution < -0.4 is 19.5 Å². The van der Waals surface area contributed by atoms with Crippen LogP contribution in [0, 0.1) is 6.92 Å². The molecule has 0 fully saturated rings. The van der Waals surface area contributed by atoms with E-state index in [9.17, 15) is 0 Å². The third-order valence-corrected chi connectivity index (χ3v) is 7.16. The monoisotopic (exact) mass is 498 g/mol. The van der Waals surface area contributed by atoms with Gasteiger partial charge in [-0.05, 0) is 55.1 Å². The number of anilines is 1. The Kier molecular flexibility index (Phi) is 5.60. The molecular formula is C28H26N4O3S. The van der Waals surface area contributed by atoms with Crippen molar-refractivity contribution in [3.8, 4) is 17.2 Å². The molecule has 4 aromatic rings. The first kappa shape index (κ1) is 22.5. The number of nitrogens with one attached hydrogen (secondary N) is 1. The molecular weight excluding hydrogens is 472 g/mol. The molecule has 36 heavy (non-hydrogen) atoms. The number of benzene rings is 3. The highest BCUT2D eigenvalue weighted by Crippen LogP contribution is 2.51. The number of fused-ring (bicyclic) bond motifs is 3. The molecule has 0 saturated heterocycles. The van der Waals surface area contributed by atoms with Crippen LogP contribution in [0.5, 0.6) is 17.2 Å². The lowest BCUT2D eigenvalue weighted by atomic mass is 9.84. The van der Waals surface area contributed by atoms with Crippen LogP contribution in [0.15, 0.2) is 77.5 Å². The van der Waals surface area contributed by atoms with E-state index in [4.69, 9.17) is 24.3 Å². The highest BCUT2D eigenvalue weighted by molar-refractivity contribution is 7.98. The Bertz CT molecular complexity index is 1480. The van der Waals surface area contributed by atoms with Crippen molar-refractivity contribution in [2.45, 2.75) is 24.2 Å². The summed E-state index contributed by atoms with van der Waals surface area (Å²) >= 11 is 1.52. The maximum atomic E-state index is 6.74. The van der Waals surface area contributed by atoms with Gasteiger partial charge < -0.3 is 19.5 Å². The molecule has 8 heteroatoms. The second kappa shape index (κ2) is 8.95. The van der Waals surface area contributed by atoms with Gasteiger partial charge in [0.15, 0.2) is 0 Å². The summed E-state index contributed by atoms with van der Waals surface area (Å²) in [6.45, 7) is 2.09. The predicted molar refractivity (Wildman–Crippen MR) is 141 cm³/mol. The van der Waals surface area contributed by atoms with E-state index in [1.165, 1.54) is 11.8 Å². The molecule has 0 unspecified atom stereocenters. The molecule has 0 spiro atoms. The number of hydrogen-bond acceptors (Lipinski definition) is 7. The van der Waals surface area contributed by atoms with Crippen LogP contribution in [0.3, 0.4) is 0 Å². The zero-order valence-electron chi connectivity index (χ0n) is 20.5. The van der Waals surface area contributed by atoms with Gasteiger partial charge in [-0.2, -0.15) is 4.98 Å². The number of thioether (sulfide) groups is 1. The summed E-state index contributed by atoms with van der Waals surface area (Å²) in [4.78, 5) is 4.77.